The first-order valence-electron chi connectivity index (χ1n) is 10.9. The lowest BCUT2D eigenvalue weighted by Gasteiger charge is -2.35. The van der Waals surface area contributed by atoms with E-state index in [0.29, 0.717) is 11.7 Å². The van der Waals surface area contributed by atoms with Crippen LogP contribution in [0.5, 0.6) is 0 Å². The molecule has 6 nitrogen and oxygen atoms in total. The van der Waals surface area contributed by atoms with E-state index in [1.807, 2.05) is 37.4 Å². The maximum absolute atomic E-state index is 12.8. The number of amides is 1. The van der Waals surface area contributed by atoms with E-state index in [9.17, 15) is 4.79 Å². The highest BCUT2D eigenvalue weighted by atomic mass is 16.1. The number of nitrogens with one attached hydrogen (secondary N) is 2. The van der Waals surface area contributed by atoms with Gasteiger partial charge in [-0.05, 0) is 56.3 Å². The van der Waals surface area contributed by atoms with Crippen molar-refractivity contribution in [3.05, 3.63) is 47.9 Å². The number of benzene rings is 1. The largest absolute Gasteiger partial charge is 0.353 e. The number of rotatable bonds is 8. The number of hydrogen-bond donors (Lipinski definition) is 2. The number of nitrogens with zero attached hydrogens (tertiary/aromatic N) is 3. The van der Waals surface area contributed by atoms with Gasteiger partial charge in [-0.2, -0.15) is 0 Å². The maximum atomic E-state index is 12.8. The van der Waals surface area contributed by atoms with E-state index in [0.717, 1.165) is 30.5 Å². The van der Waals surface area contributed by atoms with Crippen LogP contribution in [0.25, 0.3) is 0 Å². The molecule has 2 fully saturated rings. The van der Waals surface area contributed by atoms with E-state index < -0.39 is 0 Å². The summed E-state index contributed by atoms with van der Waals surface area (Å²) in [6.45, 7) is 1.86. The van der Waals surface area contributed by atoms with Crippen LogP contribution in [-0.2, 0) is 6.54 Å². The Morgan fingerprint density at radius 3 is 2.52 bits per heavy atom. The quantitative estimate of drug-likeness (QED) is 0.709. The fourth-order valence-corrected chi connectivity index (χ4v) is 4.13. The van der Waals surface area contributed by atoms with Gasteiger partial charge in [0.15, 0.2) is 0 Å². The molecule has 2 saturated carbocycles. The molecule has 4 rings (SSSR count). The Morgan fingerprint density at radius 1 is 1.07 bits per heavy atom. The smallest absolute Gasteiger partial charge is 0.274 e. The van der Waals surface area contributed by atoms with E-state index >= 15 is 0 Å². The Bertz CT molecular complexity index is 812. The average Bonchev–Trinajstić information content (AvgIpc) is 3.59. The second-order valence-electron chi connectivity index (χ2n) is 8.33. The molecule has 0 bridgehead atoms. The maximum Gasteiger partial charge on any atom is 0.274 e. The van der Waals surface area contributed by atoms with Crippen molar-refractivity contribution in [1.82, 2.24) is 15.3 Å². The van der Waals surface area contributed by atoms with Crippen molar-refractivity contribution in [3.8, 4) is 0 Å². The molecule has 1 aromatic heterocycles. The minimum atomic E-state index is -0.190. The van der Waals surface area contributed by atoms with Crippen LogP contribution in [0.3, 0.4) is 0 Å². The van der Waals surface area contributed by atoms with Crippen LogP contribution in [0.4, 0.5) is 11.5 Å². The van der Waals surface area contributed by atoms with E-state index in [2.05, 4.69) is 25.5 Å². The number of carbonyl (C=O) groups is 1. The first-order valence-corrected chi connectivity index (χ1v) is 10.9. The third-order valence-corrected chi connectivity index (χ3v) is 5.94. The van der Waals surface area contributed by atoms with Gasteiger partial charge in [-0.25, -0.2) is 9.97 Å². The lowest BCUT2D eigenvalue weighted by atomic mass is 9.94. The summed E-state index contributed by atoms with van der Waals surface area (Å²) in [4.78, 5) is 24.0. The highest BCUT2D eigenvalue weighted by molar-refractivity contribution is 6.03. The molecule has 1 aromatic carbocycles. The molecule has 154 valence electrons. The number of hydrogen-bond acceptors (Lipinski definition) is 5. The highest BCUT2D eigenvalue weighted by Gasteiger charge is 2.30. The number of aromatic nitrogens is 2. The fraction of sp³-hybridized carbons (Fsp3) is 0.522. The van der Waals surface area contributed by atoms with Gasteiger partial charge in [0.25, 0.3) is 5.91 Å². The molecule has 1 amide bonds. The predicted octanol–water partition coefficient (Wildman–Crippen LogP) is 4.00. The molecule has 0 aliphatic heterocycles. The third-order valence-electron chi connectivity index (χ3n) is 5.94. The van der Waals surface area contributed by atoms with Gasteiger partial charge in [0, 0.05) is 30.9 Å². The third kappa shape index (κ3) is 5.32. The van der Waals surface area contributed by atoms with Gasteiger partial charge in [-0.1, -0.05) is 31.4 Å². The van der Waals surface area contributed by atoms with E-state index in [4.69, 9.17) is 0 Å². The number of anilines is 2. The Hall–Kier alpha value is -2.47. The van der Waals surface area contributed by atoms with E-state index in [-0.39, 0.29) is 5.91 Å². The second-order valence-corrected chi connectivity index (χ2v) is 8.33. The lowest BCUT2D eigenvalue weighted by Crippen LogP contribution is -2.39. The minimum absolute atomic E-state index is 0.190. The van der Waals surface area contributed by atoms with Crippen LogP contribution in [0.2, 0.25) is 0 Å². The normalized spacial score (nSPS) is 17.1. The average molecular weight is 394 g/mol. The zero-order chi connectivity index (χ0) is 20.1. The zero-order valence-electron chi connectivity index (χ0n) is 17.2. The van der Waals surface area contributed by atoms with Crippen molar-refractivity contribution in [2.24, 2.45) is 5.92 Å². The van der Waals surface area contributed by atoms with Crippen LogP contribution in [0.1, 0.15) is 61.0 Å². The molecule has 2 aliphatic carbocycles. The van der Waals surface area contributed by atoms with Crippen LogP contribution >= 0.6 is 0 Å². The minimum Gasteiger partial charge on any atom is -0.353 e. The van der Waals surface area contributed by atoms with Crippen molar-refractivity contribution in [2.75, 3.05) is 23.8 Å². The molecule has 0 spiro atoms. The molecule has 0 radical (unpaired) electrons. The molecular formula is C23H31N5O. The second kappa shape index (κ2) is 9.35. The Kier molecular flexibility index (Phi) is 6.39. The molecule has 0 atom stereocenters. The van der Waals surface area contributed by atoms with Gasteiger partial charge in [0.1, 0.15) is 17.8 Å². The van der Waals surface area contributed by atoms with Gasteiger partial charge >= 0.3 is 0 Å². The van der Waals surface area contributed by atoms with E-state index in [1.54, 1.807) is 0 Å². The summed E-state index contributed by atoms with van der Waals surface area (Å²) in [6, 6.07) is 10.3. The van der Waals surface area contributed by atoms with Crippen LogP contribution in [0, 0.1) is 5.92 Å². The monoisotopic (exact) mass is 393 g/mol. The summed E-state index contributed by atoms with van der Waals surface area (Å²) in [5.41, 5.74) is 2.38. The topological polar surface area (TPSA) is 70.2 Å². The standard InChI is InChI=1S/C23H31N5O/c1-24-14-17-9-11-19(12-10-17)27-23(29)21-13-22(26-16-25-21)28(15-18-7-8-18)20-5-3-2-4-6-20/h9-13,16,18,20,24H,2-8,14-15H2,1H3,(H,27,29). The summed E-state index contributed by atoms with van der Waals surface area (Å²) < 4.78 is 0. The first-order chi connectivity index (χ1) is 14.2. The summed E-state index contributed by atoms with van der Waals surface area (Å²) in [5.74, 6) is 1.48. The summed E-state index contributed by atoms with van der Waals surface area (Å²) in [6.07, 6.45) is 10.5. The van der Waals surface area contributed by atoms with Gasteiger partial charge < -0.3 is 15.5 Å². The number of carbonyl (C=O) groups excluding carboxylic acids is 1. The Balaban J connectivity index is 1.47. The summed E-state index contributed by atoms with van der Waals surface area (Å²) >= 11 is 0. The Labute approximate surface area is 173 Å². The van der Waals surface area contributed by atoms with Crippen molar-refractivity contribution < 1.29 is 4.79 Å². The van der Waals surface area contributed by atoms with Crippen molar-refractivity contribution in [1.29, 1.82) is 0 Å². The first kappa shape index (κ1) is 19.8. The van der Waals surface area contributed by atoms with Crippen molar-refractivity contribution in [3.63, 3.8) is 0 Å². The van der Waals surface area contributed by atoms with Crippen LogP contribution in [0.15, 0.2) is 36.7 Å². The predicted molar refractivity (Wildman–Crippen MR) is 116 cm³/mol. The van der Waals surface area contributed by atoms with Gasteiger partial charge in [-0.15, -0.1) is 0 Å². The van der Waals surface area contributed by atoms with Crippen LogP contribution < -0.4 is 15.5 Å². The SMILES string of the molecule is CNCc1ccc(NC(=O)c2cc(N(CC3CC3)C3CCCCC3)ncn2)cc1. The van der Waals surface area contributed by atoms with Crippen molar-refractivity contribution >= 4 is 17.4 Å². The highest BCUT2D eigenvalue weighted by Crippen LogP contribution is 2.34. The van der Waals surface area contributed by atoms with Gasteiger partial charge in [-0.3, -0.25) is 4.79 Å². The molecular weight excluding hydrogens is 362 g/mol. The molecule has 6 heteroatoms. The zero-order valence-corrected chi connectivity index (χ0v) is 17.2. The molecule has 2 N–H and O–H groups in total. The van der Waals surface area contributed by atoms with E-state index in [1.165, 1.54) is 56.8 Å². The van der Waals surface area contributed by atoms with Gasteiger partial charge in [0.05, 0.1) is 0 Å². The van der Waals surface area contributed by atoms with Crippen molar-refractivity contribution in [2.45, 2.75) is 57.5 Å². The molecule has 2 aliphatic rings. The fourth-order valence-electron chi connectivity index (χ4n) is 4.13. The molecule has 29 heavy (non-hydrogen) atoms. The van der Waals surface area contributed by atoms with Crippen LogP contribution in [-0.4, -0.2) is 35.5 Å². The molecule has 1 heterocycles. The summed E-state index contributed by atoms with van der Waals surface area (Å²) in [5, 5.41) is 6.08. The van der Waals surface area contributed by atoms with Gasteiger partial charge in [0.2, 0.25) is 0 Å². The summed E-state index contributed by atoms with van der Waals surface area (Å²) in [7, 11) is 1.92. The molecule has 0 unspecified atom stereocenters. The lowest BCUT2D eigenvalue weighted by molar-refractivity contribution is 0.102. The Morgan fingerprint density at radius 2 is 1.83 bits per heavy atom. The molecule has 0 saturated heterocycles. The molecule has 2 aromatic rings.